The van der Waals surface area contributed by atoms with Crippen LogP contribution in [0.15, 0.2) is 35.2 Å². The van der Waals surface area contributed by atoms with E-state index in [-0.39, 0.29) is 53.8 Å². The van der Waals surface area contributed by atoms with Crippen molar-refractivity contribution in [1.29, 1.82) is 5.26 Å². The van der Waals surface area contributed by atoms with Crippen molar-refractivity contribution in [1.82, 2.24) is 15.0 Å². The maximum atomic E-state index is 12.4. The second-order valence-corrected chi connectivity index (χ2v) is 7.96. The summed E-state index contributed by atoms with van der Waals surface area (Å²) in [5.74, 6) is -1.69. The van der Waals surface area contributed by atoms with E-state index < -0.39 is 21.9 Å². The highest BCUT2D eigenvalue weighted by Crippen LogP contribution is 2.22. The number of amides is 1. The molecule has 0 aliphatic rings. The summed E-state index contributed by atoms with van der Waals surface area (Å²) in [6, 6.07) is 8.86. The van der Waals surface area contributed by atoms with Gasteiger partial charge in [-0.05, 0) is 30.7 Å². The molecule has 0 aliphatic carbocycles. The number of benzene rings is 1. The normalized spacial score (nSPS) is 10.8. The number of nitrogens with zero attached hydrogens (tertiary/aromatic N) is 2. The molecule has 2 aromatic rings. The molecule has 31 heavy (non-hydrogen) atoms. The SMILES string of the molecule is CCOc1nc(C(=O)NCc2ccc(S(=O)(=O)NCCC(=O)O)cc2)cc(N)c1C#N. The first kappa shape index (κ1) is 23.6. The minimum absolute atomic E-state index is 0.0261. The Morgan fingerprint density at radius 1 is 1.29 bits per heavy atom. The van der Waals surface area contributed by atoms with Crippen LogP contribution in [0.25, 0.3) is 0 Å². The molecule has 12 heteroatoms. The zero-order valence-electron chi connectivity index (χ0n) is 16.6. The number of rotatable bonds is 10. The van der Waals surface area contributed by atoms with Crippen LogP contribution in [0.2, 0.25) is 0 Å². The number of carbonyl (C=O) groups excluding carboxylic acids is 1. The summed E-state index contributed by atoms with van der Waals surface area (Å²) in [5.41, 5.74) is 6.50. The van der Waals surface area contributed by atoms with Crippen LogP contribution in [0, 0.1) is 11.3 Å². The third-order valence-electron chi connectivity index (χ3n) is 3.96. The maximum absolute atomic E-state index is 12.4. The fourth-order valence-electron chi connectivity index (χ4n) is 2.45. The van der Waals surface area contributed by atoms with Crippen LogP contribution in [-0.4, -0.2) is 43.5 Å². The van der Waals surface area contributed by atoms with Crippen molar-refractivity contribution in [3.8, 4) is 11.9 Å². The van der Waals surface area contributed by atoms with Gasteiger partial charge in [0.05, 0.1) is 23.6 Å². The number of aromatic nitrogens is 1. The summed E-state index contributed by atoms with van der Waals surface area (Å²) < 4.78 is 31.7. The average molecular weight is 447 g/mol. The Balaban J connectivity index is 2.04. The molecule has 11 nitrogen and oxygen atoms in total. The Kier molecular flexibility index (Phi) is 7.89. The molecule has 1 heterocycles. The molecular weight excluding hydrogens is 426 g/mol. The van der Waals surface area contributed by atoms with Gasteiger partial charge in [-0.2, -0.15) is 5.26 Å². The summed E-state index contributed by atoms with van der Waals surface area (Å²) in [6.45, 7) is 1.81. The van der Waals surface area contributed by atoms with Crippen LogP contribution < -0.4 is 20.5 Å². The zero-order valence-corrected chi connectivity index (χ0v) is 17.4. The van der Waals surface area contributed by atoms with Crippen LogP contribution in [0.3, 0.4) is 0 Å². The Morgan fingerprint density at radius 2 is 1.97 bits per heavy atom. The fraction of sp³-hybridized carbons (Fsp3) is 0.263. The number of nitrogens with one attached hydrogen (secondary N) is 2. The van der Waals surface area contributed by atoms with Gasteiger partial charge in [-0.25, -0.2) is 18.1 Å². The molecule has 0 saturated heterocycles. The number of nitriles is 1. The number of sulfonamides is 1. The number of ether oxygens (including phenoxy) is 1. The van der Waals surface area contributed by atoms with Gasteiger partial charge in [-0.3, -0.25) is 9.59 Å². The Morgan fingerprint density at radius 3 is 2.55 bits per heavy atom. The molecule has 1 amide bonds. The number of nitrogen functional groups attached to an aromatic ring is 1. The van der Waals surface area contributed by atoms with E-state index in [1.807, 2.05) is 6.07 Å². The minimum Gasteiger partial charge on any atom is -0.481 e. The van der Waals surface area contributed by atoms with E-state index in [0.29, 0.717) is 5.56 Å². The molecular formula is C19H21N5O6S. The van der Waals surface area contributed by atoms with Crippen LogP contribution >= 0.6 is 0 Å². The summed E-state index contributed by atoms with van der Waals surface area (Å²) in [6.07, 6.45) is -0.331. The smallest absolute Gasteiger partial charge is 0.304 e. The molecule has 5 N–H and O–H groups in total. The summed E-state index contributed by atoms with van der Waals surface area (Å²) in [4.78, 5) is 26.9. The maximum Gasteiger partial charge on any atom is 0.304 e. The van der Waals surface area contributed by atoms with E-state index in [1.165, 1.54) is 30.3 Å². The number of anilines is 1. The van der Waals surface area contributed by atoms with Crippen molar-refractivity contribution < 1.29 is 27.9 Å². The first-order chi connectivity index (χ1) is 14.7. The van der Waals surface area contributed by atoms with Crippen molar-refractivity contribution >= 4 is 27.6 Å². The van der Waals surface area contributed by atoms with Crippen LogP contribution in [0.5, 0.6) is 5.88 Å². The summed E-state index contributed by atoms with van der Waals surface area (Å²) in [5, 5.41) is 20.3. The molecule has 0 spiro atoms. The highest BCUT2D eigenvalue weighted by atomic mass is 32.2. The van der Waals surface area contributed by atoms with Crippen molar-refractivity contribution in [3.63, 3.8) is 0 Å². The lowest BCUT2D eigenvalue weighted by Crippen LogP contribution is -2.26. The average Bonchev–Trinajstić information content (AvgIpc) is 2.72. The molecule has 0 aliphatic heterocycles. The molecule has 0 radical (unpaired) electrons. The van der Waals surface area contributed by atoms with E-state index in [2.05, 4.69) is 15.0 Å². The van der Waals surface area contributed by atoms with Gasteiger partial charge < -0.3 is 20.9 Å². The second-order valence-electron chi connectivity index (χ2n) is 6.19. The predicted molar refractivity (Wildman–Crippen MR) is 110 cm³/mol. The lowest BCUT2D eigenvalue weighted by atomic mass is 10.2. The quantitative estimate of drug-likeness (QED) is 0.405. The van der Waals surface area contributed by atoms with Crippen LogP contribution in [-0.2, 0) is 21.4 Å². The zero-order chi connectivity index (χ0) is 23.0. The van der Waals surface area contributed by atoms with E-state index in [4.69, 9.17) is 20.8 Å². The molecule has 0 unspecified atom stereocenters. The van der Waals surface area contributed by atoms with E-state index >= 15 is 0 Å². The fourth-order valence-corrected chi connectivity index (χ4v) is 3.48. The minimum atomic E-state index is -3.83. The van der Waals surface area contributed by atoms with Gasteiger partial charge in [0.25, 0.3) is 5.91 Å². The van der Waals surface area contributed by atoms with E-state index in [1.54, 1.807) is 6.92 Å². The number of carbonyl (C=O) groups is 2. The lowest BCUT2D eigenvalue weighted by Gasteiger charge is -2.10. The highest BCUT2D eigenvalue weighted by molar-refractivity contribution is 7.89. The number of hydrogen-bond donors (Lipinski definition) is 4. The van der Waals surface area contributed by atoms with Gasteiger partial charge in [0, 0.05) is 13.1 Å². The third kappa shape index (κ3) is 6.39. The van der Waals surface area contributed by atoms with Crippen LogP contribution in [0.4, 0.5) is 5.69 Å². The molecule has 164 valence electrons. The van der Waals surface area contributed by atoms with Crippen LogP contribution in [0.1, 0.15) is 35.0 Å². The van der Waals surface area contributed by atoms with Crippen molar-refractivity contribution in [2.75, 3.05) is 18.9 Å². The lowest BCUT2D eigenvalue weighted by molar-refractivity contribution is -0.136. The monoisotopic (exact) mass is 447 g/mol. The first-order valence-electron chi connectivity index (χ1n) is 9.10. The summed E-state index contributed by atoms with van der Waals surface area (Å²) >= 11 is 0. The van der Waals surface area contributed by atoms with Crippen molar-refractivity contribution in [2.45, 2.75) is 24.8 Å². The van der Waals surface area contributed by atoms with E-state index in [9.17, 15) is 18.0 Å². The number of hydrogen-bond acceptors (Lipinski definition) is 8. The number of aliphatic carboxylic acids is 1. The largest absolute Gasteiger partial charge is 0.481 e. The van der Waals surface area contributed by atoms with Gasteiger partial charge in [0.2, 0.25) is 15.9 Å². The molecule has 0 atom stereocenters. The van der Waals surface area contributed by atoms with Crippen molar-refractivity contribution in [2.24, 2.45) is 0 Å². The second kappa shape index (κ2) is 10.4. The Hall–Kier alpha value is -3.69. The molecule has 0 saturated carbocycles. The number of carboxylic acid groups (broad SMARTS) is 1. The number of nitrogens with two attached hydrogens (primary N) is 1. The Bertz CT molecular complexity index is 1110. The third-order valence-corrected chi connectivity index (χ3v) is 5.44. The molecule has 0 fully saturated rings. The first-order valence-corrected chi connectivity index (χ1v) is 10.6. The van der Waals surface area contributed by atoms with Gasteiger partial charge >= 0.3 is 5.97 Å². The molecule has 0 bridgehead atoms. The standard InChI is InChI=1S/C19H21N5O6S/c1-2-30-19-14(10-20)15(21)9-16(24-19)18(27)22-11-12-3-5-13(6-4-12)31(28,29)23-8-7-17(25)26/h3-6,9,23H,2,7-8,11H2,1H3,(H2,21,24)(H,22,27)(H,25,26). The molecule has 1 aromatic heterocycles. The highest BCUT2D eigenvalue weighted by Gasteiger charge is 2.17. The van der Waals surface area contributed by atoms with E-state index in [0.717, 1.165) is 0 Å². The number of pyridine rings is 1. The molecule has 2 rings (SSSR count). The van der Waals surface area contributed by atoms with Gasteiger partial charge in [0.1, 0.15) is 17.3 Å². The predicted octanol–water partition coefficient (Wildman–Crippen LogP) is 0.617. The van der Waals surface area contributed by atoms with Gasteiger partial charge in [0.15, 0.2) is 0 Å². The van der Waals surface area contributed by atoms with Gasteiger partial charge in [-0.1, -0.05) is 12.1 Å². The Labute approximate surface area is 178 Å². The topological polar surface area (TPSA) is 184 Å². The van der Waals surface area contributed by atoms with Crippen molar-refractivity contribution in [3.05, 3.63) is 47.2 Å². The number of carboxylic acids is 1. The summed E-state index contributed by atoms with van der Waals surface area (Å²) in [7, 11) is -3.83. The molecule has 1 aromatic carbocycles. The van der Waals surface area contributed by atoms with Gasteiger partial charge in [-0.15, -0.1) is 0 Å².